The van der Waals surface area contributed by atoms with Crippen molar-refractivity contribution in [1.82, 2.24) is 5.32 Å². The molecule has 0 amide bonds. The molecule has 0 aromatic heterocycles. The lowest BCUT2D eigenvalue weighted by Gasteiger charge is -2.16. The van der Waals surface area contributed by atoms with E-state index in [4.69, 9.17) is 25.8 Å². The smallest absolute Gasteiger partial charge is 0.205 e. The molecule has 90 valence electrons. The fourth-order valence-corrected chi connectivity index (χ4v) is 1.86. The summed E-state index contributed by atoms with van der Waals surface area (Å²) in [5, 5.41) is 3.54. The topological polar surface area (TPSA) is 39.7 Å². The van der Waals surface area contributed by atoms with E-state index in [1.807, 2.05) is 7.05 Å². The van der Waals surface area contributed by atoms with Crippen LogP contribution in [0, 0.1) is 0 Å². The molecule has 1 rings (SSSR count). The van der Waals surface area contributed by atoms with Gasteiger partial charge in [0.2, 0.25) is 5.75 Å². The van der Waals surface area contributed by atoms with Gasteiger partial charge in [-0.3, -0.25) is 0 Å². The summed E-state index contributed by atoms with van der Waals surface area (Å²) in [5.41, 5.74) is 0.924. The van der Waals surface area contributed by atoms with E-state index in [9.17, 15) is 0 Å². The average molecular weight is 246 g/mol. The predicted molar refractivity (Wildman–Crippen MR) is 63.9 cm³/mol. The zero-order valence-electron chi connectivity index (χ0n) is 9.89. The lowest BCUT2D eigenvalue weighted by Crippen LogP contribution is -2.08. The summed E-state index contributed by atoms with van der Waals surface area (Å²) >= 11 is 6.09. The van der Waals surface area contributed by atoms with Gasteiger partial charge in [0.05, 0.1) is 26.4 Å². The van der Waals surface area contributed by atoms with E-state index in [1.54, 1.807) is 27.4 Å². The number of nitrogens with one attached hydrogen (secondary N) is 1. The molecule has 0 aliphatic heterocycles. The lowest BCUT2D eigenvalue weighted by atomic mass is 10.1. The summed E-state index contributed by atoms with van der Waals surface area (Å²) in [5.74, 6) is 1.64. The molecule has 0 fully saturated rings. The maximum absolute atomic E-state index is 6.09. The number of hydrogen-bond donors (Lipinski definition) is 1. The highest BCUT2D eigenvalue weighted by Crippen LogP contribution is 2.44. The van der Waals surface area contributed by atoms with Gasteiger partial charge in [0.1, 0.15) is 0 Å². The Bertz CT molecular complexity index is 369. The summed E-state index contributed by atoms with van der Waals surface area (Å²) in [6, 6.07) is 1.80. The summed E-state index contributed by atoms with van der Waals surface area (Å²) < 4.78 is 15.8. The average Bonchev–Trinajstić information content (AvgIpc) is 2.28. The van der Waals surface area contributed by atoms with Crippen LogP contribution < -0.4 is 19.5 Å². The van der Waals surface area contributed by atoms with Gasteiger partial charge in [-0.2, -0.15) is 0 Å². The largest absolute Gasteiger partial charge is 0.492 e. The molecule has 0 heterocycles. The van der Waals surface area contributed by atoms with Crippen LogP contribution in [-0.4, -0.2) is 28.4 Å². The SMILES string of the molecule is CNCc1cc(Cl)c(OC)c(OC)c1OC. The molecular weight excluding hydrogens is 230 g/mol. The van der Waals surface area contributed by atoms with Crippen LogP contribution in [0.3, 0.4) is 0 Å². The molecule has 1 aromatic rings. The number of ether oxygens (including phenoxy) is 3. The molecule has 4 nitrogen and oxygen atoms in total. The van der Waals surface area contributed by atoms with Crippen molar-refractivity contribution in [3.8, 4) is 17.2 Å². The normalized spacial score (nSPS) is 10.1. The maximum Gasteiger partial charge on any atom is 0.205 e. The number of methoxy groups -OCH3 is 3. The Morgan fingerprint density at radius 3 is 2.06 bits per heavy atom. The van der Waals surface area contributed by atoms with E-state index >= 15 is 0 Å². The first-order valence-electron chi connectivity index (χ1n) is 4.81. The van der Waals surface area contributed by atoms with Crippen LogP contribution in [0.25, 0.3) is 0 Å². The Morgan fingerprint density at radius 1 is 1.06 bits per heavy atom. The highest BCUT2D eigenvalue weighted by Gasteiger charge is 2.19. The van der Waals surface area contributed by atoms with Crippen molar-refractivity contribution in [2.24, 2.45) is 0 Å². The van der Waals surface area contributed by atoms with Gasteiger partial charge >= 0.3 is 0 Å². The Labute approximate surface area is 100 Å². The number of benzene rings is 1. The Morgan fingerprint density at radius 2 is 1.62 bits per heavy atom. The second-order valence-electron chi connectivity index (χ2n) is 3.15. The molecule has 0 aliphatic rings. The third-order valence-corrected chi connectivity index (χ3v) is 2.48. The molecule has 0 radical (unpaired) electrons. The van der Waals surface area contributed by atoms with Crippen LogP contribution in [0.2, 0.25) is 5.02 Å². The van der Waals surface area contributed by atoms with Crippen molar-refractivity contribution in [2.75, 3.05) is 28.4 Å². The van der Waals surface area contributed by atoms with Crippen LogP contribution in [0.4, 0.5) is 0 Å². The van der Waals surface area contributed by atoms with E-state index in [1.165, 1.54) is 0 Å². The molecule has 0 saturated carbocycles. The molecule has 16 heavy (non-hydrogen) atoms. The third kappa shape index (κ3) is 2.33. The van der Waals surface area contributed by atoms with E-state index < -0.39 is 0 Å². The summed E-state index contributed by atoms with van der Waals surface area (Å²) in [4.78, 5) is 0. The van der Waals surface area contributed by atoms with Crippen LogP contribution in [0.15, 0.2) is 6.07 Å². The Kier molecular flexibility index (Phi) is 4.71. The van der Waals surface area contributed by atoms with Gasteiger partial charge in [0.15, 0.2) is 11.5 Å². The third-order valence-electron chi connectivity index (χ3n) is 2.20. The predicted octanol–water partition coefficient (Wildman–Crippen LogP) is 2.09. The summed E-state index contributed by atoms with van der Waals surface area (Å²) in [6.45, 7) is 0.642. The lowest BCUT2D eigenvalue weighted by molar-refractivity contribution is 0.322. The molecule has 1 aromatic carbocycles. The van der Waals surface area contributed by atoms with E-state index in [-0.39, 0.29) is 0 Å². The molecule has 5 heteroatoms. The van der Waals surface area contributed by atoms with Crippen LogP contribution in [-0.2, 0) is 6.54 Å². The zero-order valence-corrected chi connectivity index (χ0v) is 10.6. The van der Waals surface area contributed by atoms with Crippen LogP contribution in [0.1, 0.15) is 5.56 Å². The molecule has 0 spiro atoms. The highest BCUT2D eigenvalue weighted by molar-refractivity contribution is 6.32. The van der Waals surface area contributed by atoms with Gasteiger partial charge in [-0.1, -0.05) is 11.6 Å². The van der Waals surface area contributed by atoms with Crippen LogP contribution >= 0.6 is 11.6 Å². The van der Waals surface area contributed by atoms with Crippen molar-refractivity contribution in [3.05, 3.63) is 16.7 Å². The Balaban J connectivity index is 3.37. The van der Waals surface area contributed by atoms with E-state index in [0.717, 1.165) is 5.56 Å². The molecule has 0 saturated heterocycles. The molecule has 0 aliphatic carbocycles. The minimum atomic E-state index is 0.487. The fourth-order valence-electron chi connectivity index (χ4n) is 1.56. The van der Waals surface area contributed by atoms with Gasteiger partial charge < -0.3 is 19.5 Å². The molecule has 1 N–H and O–H groups in total. The van der Waals surface area contributed by atoms with Gasteiger partial charge in [-0.25, -0.2) is 0 Å². The summed E-state index contributed by atoms with van der Waals surface area (Å²) in [6.07, 6.45) is 0. The second-order valence-corrected chi connectivity index (χ2v) is 3.55. The van der Waals surface area contributed by atoms with Crippen molar-refractivity contribution < 1.29 is 14.2 Å². The van der Waals surface area contributed by atoms with Crippen molar-refractivity contribution in [1.29, 1.82) is 0 Å². The standard InChI is InChI=1S/C11H16ClNO3/c1-13-6-7-5-8(12)10(15-3)11(16-4)9(7)14-2/h5,13H,6H2,1-4H3. The second kappa shape index (κ2) is 5.82. The fraction of sp³-hybridized carbons (Fsp3) is 0.455. The van der Waals surface area contributed by atoms with Gasteiger partial charge in [-0.05, 0) is 13.1 Å². The zero-order chi connectivity index (χ0) is 12.1. The maximum atomic E-state index is 6.09. The first kappa shape index (κ1) is 12.9. The number of hydrogen-bond acceptors (Lipinski definition) is 4. The number of rotatable bonds is 5. The van der Waals surface area contributed by atoms with Crippen LogP contribution in [0.5, 0.6) is 17.2 Å². The first-order valence-corrected chi connectivity index (χ1v) is 5.19. The van der Waals surface area contributed by atoms with Crippen molar-refractivity contribution in [2.45, 2.75) is 6.54 Å². The van der Waals surface area contributed by atoms with Gasteiger partial charge in [0, 0.05) is 12.1 Å². The quantitative estimate of drug-likeness (QED) is 0.862. The van der Waals surface area contributed by atoms with Crippen molar-refractivity contribution >= 4 is 11.6 Å². The minimum Gasteiger partial charge on any atom is -0.492 e. The molecular formula is C11H16ClNO3. The Hall–Kier alpha value is -1.13. The van der Waals surface area contributed by atoms with Gasteiger partial charge in [0.25, 0.3) is 0 Å². The van der Waals surface area contributed by atoms with Crippen molar-refractivity contribution in [3.63, 3.8) is 0 Å². The molecule has 0 bridgehead atoms. The first-order chi connectivity index (χ1) is 7.69. The van der Waals surface area contributed by atoms with E-state index in [0.29, 0.717) is 28.8 Å². The van der Waals surface area contributed by atoms with E-state index in [2.05, 4.69) is 5.32 Å². The molecule has 0 unspecified atom stereocenters. The minimum absolute atomic E-state index is 0.487. The number of halogens is 1. The molecule has 0 atom stereocenters. The highest BCUT2D eigenvalue weighted by atomic mass is 35.5. The van der Waals surface area contributed by atoms with Gasteiger partial charge in [-0.15, -0.1) is 0 Å². The summed E-state index contributed by atoms with van der Waals surface area (Å²) in [7, 11) is 6.54. The monoisotopic (exact) mass is 245 g/mol.